The molecule has 1 aromatic heterocycles. The molecule has 0 radical (unpaired) electrons. The van der Waals surface area contributed by atoms with E-state index in [1.165, 1.54) is 0 Å². The third-order valence-corrected chi connectivity index (χ3v) is 2.56. The maximum Gasteiger partial charge on any atom is 0.251 e. The molecule has 0 unspecified atom stereocenters. The third kappa shape index (κ3) is 1.40. The Labute approximate surface area is 80.9 Å². The third-order valence-electron chi connectivity index (χ3n) is 2.27. The maximum atomic E-state index is 10.9. The van der Waals surface area contributed by atoms with Crippen molar-refractivity contribution in [1.29, 1.82) is 0 Å². The summed E-state index contributed by atoms with van der Waals surface area (Å²) in [7, 11) is 0. The summed E-state index contributed by atoms with van der Waals surface area (Å²) in [5, 5.41) is 0.230. The van der Waals surface area contributed by atoms with Crippen LogP contribution in [0.25, 0.3) is 0 Å². The highest BCUT2D eigenvalue weighted by Crippen LogP contribution is 2.24. The van der Waals surface area contributed by atoms with Gasteiger partial charge in [0.15, 0.2) is 0 Å². The number of nitrogens with zero attached hydrogens (tertiary/aromatic N) is 1. The van der Waals surface area contributed by atoms with E-state index in [9.17, 15) is 4.79 Å². The van der Waals surface area contributed by atoms with Crippen LogP contribution in [0.1, 0.15) is 28.0 Å². The van der Waals surface area contributed by atoms with Gasteiger partial charge in [0, 0.05) is 5.69 Å². The van der Waals surface area contributed by atoms with E-state index >= 15 is 0 Å². The largest absolute Gasteiger partial charge is 0.366 e. The topological polar surface area (TPSA) is 56.0 Å². The first-order chi connectivity index (χ1) is 6.18. The van der Waals surface area contributed by atoms with Crippen LogP contribution in [0.2, 0.25) is 5.15 Å². The van der Waals surface area contributed by atoms with Gasteiger partial charge in [-0.15, -0.1) is 0 Å². The molecule has 13 heavy (non-hydrogen) atoms. The first-order valence-electron chi connectivity index (χ1n) is 4.16. The quantitative estimate of drug-likeness (QED) is 0.689. The first-order valence-corrected chi connectivity index (χ1v) is 4.54. The van der Waals surface area contributed by atoms with E-state index in [0.717, 1.165) is 30.5 Å². The number of nitrogens with two attached hydrogens (primary N) is 1. The molecule has 0 aliphatic heterocycles. The van der Waals surface area contributed by atoms with Crippen LogP contribution in [-0.2, 0) is 12.8 Å². The predicted octanol–water partition coefficient (Wildman–Crippen LogP) is 1.32. The number of halogens is 1. The van der Waals surface area contributed by atoms with Crippen molar-refractivity contribution < 1.29 is 4.79 Å². The Morgan fingerprint density at radius 3 is 3.00 bits per heavy atom. The van der Waals surface area contributed by atoms with Crippen LogP contribution >= 0.6 is 11.6 Å². The van der Waals surface area contributed by atoms with E-state index in [1.54, 1.807) is 6.07 Å². The second-order valence-electron chi connectivity index (χ2n) is 3.15. The van der Waals surface area contributed by atoms with Crippen molar-refractivity contribution in [1.82, 2.24) is 4.98 Å². The molecule has 4 heteroatoms. The molecule has 0 spiro atoms. The summed E-state index contributed by atoms with van der Waals surface area (Å²) in [6, 6.07) is 1.76. The molecule has 0 fully saturated rings. The van der Waals surface area contributed by atoms with E-state index in [2.05, 4.69) is 4.98 Å². The zero-order valence-corrected chi connectivity index (χ0v) is 7.77. The molecule has 0 atom stereocenters. The number of hydrogen-bond donors (Lipinski definition) is 1. The number of aryl methyl sites for hydroxylation is 2. The molecule has 2 N–H and O–H groups in total. The molecular formula is C9H9ClN2O. The molecule has 0 aromatic carbocycles. The van der Waals surface area contributed by atoms with Crippen LogP contribution in [0.4, 0.5) is 0 Å². The van der Waals surface area contributed by atoms with Gasteiger partial charge < -0.3 is 5.73 Å². The van der Waals surface area contributed by atoms with Gasteiger partial charge >= 0.3 is 0 Å². The molecule has 2 rings (SSSR count). The van der Waals surface area contributed by atoms with Crippen LogP contribution < -0.4 is 5.73 Å². The fraction of sp³-hybridized carbons (Fsp3) is 0.333. The number of fused-ring (bicyclic) bond motifs is 1. The molecule has 1 aromatic rings. The highest BCUT2D eigenvalue weighted by Gasteiger charge is 2.17. The minimum Gasteiger partial charge on any atom is -0.366 e. The van der Waals surface area contributed by atoms with E-state index in [0.29, 0.717) is 5.56 Å². The van der Waals surface area contributed by atoms with Crippen LogP contribution in [-0.4, -0.2) is 10.9 Å². The molecule has 68 valence electrons. The Morgan fingerprint density at radius 2 is 2.31 bits per heavy atom. The van der Waals surface area contributed by atoms with Crippen LogP contribution in [0.3, 0.4) is 0 Å². The number of aromatic nitrogens is 1. The van der Waals surface area contributed by atoms with Crippen LogP contribution in [0.15, 0.2) is 6.07 Å². The standard InChI is InChI=1S/C9H9ClN2O/c10-8-6(9(11)13)4-5-2-1-3-7(5)12-8/h4H,1-3H2,(H2,11,13). The van der Waals surface area contributed by atoms with Gasteiger partial charge in [-0.25, -0.2) is 4.98 Å². The second kappa shape index (κ2) is 3.00. The molecule has 1 amide bonds. The van der Waals surface area contributed by atoms with Crippen LogP contribution in [0.5, 0.6) is 0 Å². The zero-order valence-electron chi connectivity index (χ0n) is 7.01. The fourth-order valence-corrected chi connectivity index (χ4v) is 1.87. The van der Waals surface area contributed by atoms with E-state index in [4.69, 9.17) is 17.3 Å². The predicted molar refractivity (Wildman–Crippen MR) is 49.8 cm³/mol. The number of carbonyl (C=O) groups excluding carboxylic acids is 1. The van der Waals surface area contributed by atoms with Crippen molar-refractivity contribution in [2.75, 3.05) is 0 Å². The van der Waals surface area contributed by atoms with Crippen molar-refractivity contribution in [2.24, 2.45) is 5.73 Å². The highest BCUT2D eigenvalue weighted by molar-refractivity contribution is 6.32. The van der Waals surface area contributed by atoms with Gasteiger partial charge in [-0.3, -0.25) is 4.79 Å². The molecule has 1 aliphatic carbocycles. The first kappa shape index (κ1) is 8.51. The average molecular weight is 197 g/mol. The van der Waals surface area contributed by atoms with Crippen molar-refractivity contribution in [3.8, 4) is 0 Å². The Morgan fingerprint density at radius 1 is 1.54 bits per heavy atom. The van der Waals surface area contributed by atoms with Gasteiger partial charge in [0.1, 0.15) is 5.15 Å². The minimum absolute atomic E-state index is 0.230. The summed E-state index contributed by atoms with van der Waals surface area (Å²) in [5.74, 6) is -0.507. The number of carbonyl (C=O) groups is 1. The highest BCUT2D eigenvalue weighted by atomic mass is 35.5. The van der Waals surface area contributed by atoms with Crippen molar-refractivity contribution in [3.05, 3.63) is 28.0 Å². The fourth-order valence-electron chi connectivity index (χ4n) is 1.62. The van der Waals surface area contributed by atoms with Gasteiger partial charge in [0.05, 0.1) is 5.56 Å². The number of amides is 1. The van der Waals surface area contributed by atoms with E-state index in [-0.39, 0.29) is 5.15 Å². The Hall–Kier alpha value is -1.09. The number of rotatable bonds is 1. The molecule has 0 saturated heterocycles. The zero-order chi connectivity index (χ0) is 9.42. The second-order valence-corrected chi connectivity index (χ2v) is 3.51. The molecule has 0 saturated carbocycles. The Kier molecular flexibility index (Phi) is 1.96. The summed E-state index contributed by atoms with van der Waals surface area (Å²) < 4.78 is 0. The summed E-state index contributed by atoms with van der Waals surface area (Å²) in [5.41, 5.74) is 7.60. The monoisotopic (exact) mass is 196 g/mol. The van der Waals surface area contributed by atoms with E-state index < -0.39 is 5.91 Å². The van der Waals surface area contributed by atoms with Gasteiger partial charge in [-0.05, 0) is 30.9 Å². The molecule has 0 bridgehead atoms. The summed E-state index contributed by atoms with van der Waals surface area (Å²) in [4.78, 5) is 15.1. The minimum atomic E-state index is -0.507. The molecule has 1 heterocycles. The molecule has 1 aliphatic rings. The van der Waals surface area contributed by atoms with Crippen molar-refractivity contribution in [2.45, 2.75) is 19.3 Å². The lowest BCUT2D eigenvalue weighted by molar-refractivity contribution is 0.1000. The summed E-state index contributed by atoms with van der Waals surface area (Å²) >= 11 is 5.79. The Bertz CT molecular complexity index is 376. The van der Waals surface area contributed by atoms with E-state index in [1.807, 2.05) is 0 Å². The molecule has 3 nitrogen and oxygen atoms in total. The number of primary amides is 1. The summed E-state index contributed by atoms with van der Waals surface area (Å²) in [6.07, 6.45) is 3.01. The molecular weight excluding hydrogens is 188 g/mol. The lowest BCUT2D eigenvalue weighted by atomic mass is 10.1. The van der Waals surface area contributed by atoms with Gasteiger partial charge in [0.25, 0.3) is 5.91 Å². The van der Waals surface area contributed by atoms with Gasteiger partial charge in [0.2, 0.25) is 0 Å². The number of pyridine rings is 1. The lowest BCUT2D eigenvalue weighted by Gasteiger charge is -2.02. The smallest absolute Gasteiger partial charge is 0.251 e. The van der Waals surface area contributed by atoms with Crippen LogP contribution in [0, 0.1) is 0 Å². The number of hydrogen-bond acceptors (Lipinski definition) is 2. The average Bonchev–Trinajstić information content (AvgIpc) is 2.48. The van der Waals surface area contributed by atoms with Crippen molar-refractivity contribution >= 4 is 17.5 Å². The normalized spacial score (nSPS) is 14.2. The van der Waals surface area contributed by atoms with Gasteiger partial charge in [-0.2, -0.15) is 0 Å². The van der Waals surface area contributed by atoms with Gasteiger partial charge in [-0.1, -0.05) is 11.6 Å². The summed E-state index contributed by atoms with van der Waals surface area (Å²) in [6.45, 7) is 0. The SMILES string of the molecule is NC(=O)c1cc2c(nc1Cl)CCC2. The lowest BCUT2D eigenvalue weighted by Crippen LogP contribution is -2.13. The maximum absolute atomic E-state index is 10.9. The Balaban J connectivity index is 2.55. The van der Waals surface area contributed by atoms with Crippen molar-refractivity contribution in [3.63, 3.8) is 0 Å².